The smallest absolute Gasteiger partial charge is 0.319 e. The summed E-state index contributed by atoms with van der Waals surface area (Å²) >= 11 is 7.58. The van der Waals surface area contributed by atoms with Gasteiger partial charge >= 0.3 is 6.01 Å². The Morgan fingerprint density at radius 2 is 1.86 bits per heavy atom. The summed E-state index contributed by atoms with van der Waals surface area (Å²) in [6.45, 7) is 2.30. The third kappa shape index (κ3) is 6.45. The van der Waals surface area contributed by atoms with Crippen LogP contribution in [0, 0.1) is 11.6 Å². The van der Waals surface area contributed by atoms with Crippen molar-refractivity contribution in [3.63, 3.8) is 0 Å². The van der Waals surface area contributed by atoms with E-state index in [2.05, 4.69) is 19.9 Å². The van der Waals surface area contributed by atoms with Gasteiger partial charge in [0.15, 0.2) is 10.9 Å². The molecule has 43 heavy (non-hydrogen) atoms. The van der Waals surface area contributed by atoms with Gasteiger partial charge in [0, 0.05) is 23.1 Å². The SMILES string of the molecule is Nc1nc2c(-c3c(Cl)cc4c(N5CCOCC(F)(F)C5)nc(OCCCCCN5CCCC5)nc4c3F)ccc(F)c2s1. The lowest BCUT2D eigenvalue weighted by atomic mass is 10.0. The molecule has 14 heteroatoms. The molecule has 0 aliphatic carbocycles. The standard InChI is InChI=1S/C29H31ClF4N6O2S/c30-19-14-18-23(22(32)21(19)17-6-7-20(31)25-24(17)36-27(35)43-25)37-28(42-12-5-1-2-8-39-9-3-4-10-39)38-26(18)40-11-13-41-16-29(33,34)15-40/h6-7,14H,1-5,8-13,15-16H2,(H2,35,36). The van der Waals surface area contributed by atoms with E-state index in [0.29, 0.717) is 0 Å². The fourth-order valence-corrected chi connectivity index (χ4v) is 6.73. The van der Waals surface area contributed by atoms with E-state index in [9.17, 15) is 13.2 Å². The van der Waals surface area contributed by atoms with E-state index >= 15 is 4.39 Å². The maximum Gasteiger partial charge on any atom is 0.319 e. The van der Waals surface area contributed by atoms with Crippen LogP contribution < -0.4 is 15.4 Å². The lowest BCUT2D eigenvalue weighted by Gasteiger charge is -2.26. The molecule has 0 radical (unpaired) electrons. The first-order valence-electron chi connectivity index (χ1n) is 14.3. The molecule has 0 bridgehead atoms. The van der Waals surface area contributed by atoms with Gasteiger partial charge in [0.1, 0.15) is 23.8 Å². The summed E-state index contributed by atoms with van der Waals surface area (Å²) in [6, 6.07) is 3.87. The largest absolute Gasteiger partial charge is 0.463 e. The number of anilines is 2. The molecule has 2 saturated heterocycles. The summed E-state index contributed by atoms with van der Waals surface area (Å²) < 4.78 is 71.2. The molecule has 0 unspecified atom stereocenters. The maximum absolute atomic E-state index is 16.5. The van der Waals surface area contributed by atoms with E-state index in [-0.39, 0.29) is 74.0 Å². The number of nitrogens with two attached hydrogens (primary N) is 1. The van der Waals surface area contributed by atoms with Gasteiger partial charge in [-0.25, -0.2) is 22.5 Å². The first kappa shape index (κ1) is 30.0. The Bertz CT molecular complexity index is 1630. The number of halogens is 5. The molecule has 0 spiro atoms. The van der Waals surface area contributed by atoms with E-state index in [0.717, 1.165) is 50.2 Å². The zero-order valence-corrected chi connectivity index (χ0v) is 24.9. The van der Waals surface area contributed by atoms with Crippen molar-refractivity contribution in [2.45, 2.75) is 38.0 Å². The number of alkyl halides is 2. The Balaban J connectivity index is 1.37. The van der Waals surface area contributed by atoms with Crippen molar-refractivity contribution in [2.75, 3.05) is 63.2 Å². The highest BCUT2D eigenvalue weighted by atomic mass is 35.5. The van der Waals surface area contributed by atoms with Crippen molar-refractivity contribution in [3.8, 4) is 17.1 Å². The second kappa shape index (κ2) is 12.5. The number of nitrogen functional groups attached to an aromatic ring is 1. The first-order chi connectivity index (χ1) is 20.7. The van der Waals surface area contributed by atoms with Crippen LogP contribution in [0.1, 0.15) is 32.1 Å². The maximum atomic E-state index is 16.5. The fraction of sp³-hybridized carbons (Fsp3) is 0.483. The normalized spacial score (nSPS) is 17.7. The first-order valence-corrected chi connectivity index (χ1v) is 15.5. The lowest BCUT2D eigenvalue weighted by molar-refractivity contribution is -0.0564. The Labute approximate surface area is 254 Å². The number of rotatable bonds is 9. The van der Waals surface area contributed by atoms with Gasteiger partial charge in [0.05, 0.1) is 35.0 Å². The van der Waals surface area contributed by atoms with E-state index in [1.807, 2.05) is 0 Å². The van der Waals surface area contributed by atoms with Gasteiger partial charge in [-0.3, -0.25) is 0 Å². The number of aromatic nitrogens is 3. The third-order valence-electron chi connectivity index (χ3n) is 7.71. The number of nitrogens with zero attached hydrogens (tertiary/aromatic N) is 5. The highest BCUT2D eigenvalue weighted by molar-refractivity contribution is 7.22. The number of fused-ring (bicyclic) bond motifs is 2. The molecule has 0 atom stereocenters. The second-order valence-corrected chi connectivity index (χ2v) is 12.3. The molecule has 4 aromatic rings. The summed E-state index contributed by atoms with van der Waals surface area (Å²) in [5, 5.41) is 0.209. The minimum absolute atomic E-state index is 0.0292. The number of ether oxygens (including phenoxy) is 2. The molecule has 6 rings (SSSR count). The van der Waals surface area contributed by atoms with Gasteiger partial charge in [0.2, 0.25) is 0 Å². The van der Waals surface area contributed by atoms with Crippen LogP contribution in [0.25, 0.3) is 32.2 Å². The number of thiazole rings is 1. The van der Waals surface area contributed by atoms with Gasteiger partial charge in [-0.2, -0.15) is 9.97 Å². The van der Waals surface area contributed by atoms with Gasteiger partial charge in [-0.1, -0.05) is 22.9 Å². The summed E-state index contributed by atoms with van der Waals surface area (Å²) in [4.78, 5) is 16.8. The van der Waals surface area contributed by atoms with Crippen LogP contribution in [-0.4, -0.2) is 78.3 Å². The summed E-state index contributed by atoms with van der Waals surface area (Å²) in [7, 11) is 0. The number of hydrogen-bond donors (Lipinski definition) is 1. The minimum Gasteiger partial charge on any atom is -0.463 e. The molecule has 2 aromatic heterocycles. The molecule has 2 aliphatic rings. The number of hydrogen-bond acceptors (Lipinski definition) is 9. The monoisotopic (exact) mass is 638 g/mol. The molecule has 2 N–H and O–H groups in total. The van der Waals surface area contributed by atoms with E-state index in [1.54, 1.807) is 0 Å². The second-order valence-electron chi connectivity index (χ2n) is 10.9. The molecule has 4 heterocycles. The average Bonchev–Trinajstić information content (AvgIpc) is 3.59. The van der Waals surface area contributed by atoms with E-state index < -0.39 is 30.7 Å². The zero-order chi connectivity index (χ0) is 30.1. The molecular weight excluding hydrogens is 608 g/mol. The number of benzene rings is 2. The van der Waals surface area contributed by atoms with Crippen LogP contribution in [0.15, 0.2) is 18.2 Å². The molecule has 2 fully saturated rings. The van der Waals surface area contributed by atoms with Crippen molar-refractivity contribution in [1.82, 2.24) is 19.9 Å². The molecule has 8 nitrogen and oxygen atoms in total. The average molecular weight is 639 g/mol. The summed E-state index contributed by atoms with van der Waals surface area (Å²) in [6.07, 6.45) is 5.17. The molecule has 230 valence electrons. The van der Waals surface area contributed by atoms with Crippen molar-refractivity contribution in [2.24, 2.45) is 0 Å². The summed E-state index contributed by atoms with van der Waals surface area (Å²) in [5.41, 5.74) is 5.99. The third-order valence-corrected chi connectivity index (χ3v) is 8.90. The van der Waals surface area contributed by atoms with Gasteiger partial charge in [0.25, 0.3) is 5.92 Å². The molecule has 0 amide bonds. The summed E-state index contributed by atoms with van der Waals surface area (Å²) in [5.74, 6) is -4.47. The quantitative estimate of drug-likeness (QED) is 0.163. The van der Waals surface area contributed by atoms with Crippen molar-refractivity contribution < 1.29 is 27.0 Å². The predicted molar refractivity (Wildman–Crippen MR) is 160 cm³/mol. The van der Waals surface area contributed by atoms with Gasteiger partial charge < -0.3 is 25.0 Å². The van der Waals surface area contributed by atoms with Crippen LogP contribution in [0.4, 0.5) is 28.5 Å². The van der Waals surface area contributed by atoms with Crippen molar-refractivity contribution in [1.29, 1.82) is 0 Å². The predicted octanol–water partition coefficient (Wildman–Crippen LogP) is 6.54. The lowest BCUT2D eigenvalue weighted by Crippen LogP contribution is -2.38. The highest BCUT2D eigenvalue weighted by Crippen LogP contribution is 2.43. The van der Waals surface area contributed by atoms with E-state index in [1.165, 1.54) is 35.9 Å². The Morgan fingerprint density at radius 3 is 2.67 bits per heavy atom. The van der Waals surface area contributed by atoms with Crippen molar-refractivity contribution >= 4 is 55.0 Å². The van der Waals surface area contributed by atoms with Crippen LogP contribution in [-0.2, 0) is 4.74 Å². The Morgan fingerprint density at radius 1 is 1.05 bits per heavy atom. The van der Waals surface area contributed by atoms with Crippen LogP contribution >= 0.6 is 22.9 Å². The zero-order valence-electron chi connectivity index (χ0n) is 23.4. The van der Waals surface area contributed by atoms with Crippen LogP contribution in [0.3, 0.4) is 0 Å². The van der Waals surface area contributed by atoms with Crippen LogP contribution in [0.5, 0.6) is 6.01 Å². The molecule has 0 saturated carbocycles. The van der Waals surface area contributed by atoms with E-state index in [4.69, 9.17) is 26.8 Å². The highest BCUT2D eigenvalue weighted by Gasteiger charge is 2.36. The Hall–Kier alpha value is -3.00. The Kier molecular flexibility index (Phi) is 8.77. The van der Waals surface area contributed by atoms with Gasteiger partial charge in [-0.05, 0) is 69.9 Å². The topological polar surface area (TPSA) is 89.6 Å². The number of likely N-dealkylation sites (tertiary alicyclic amines) is 1. The molecule has 2 aromatic carbocycles. The minimum atomic E-state index is -3.16. The number of unbranched alkanes of at least 4 members (excludes halogenated alkanes) is 2. The van der Waals surface area contributed by atoms with Crippen LogP contribution in [0.2, 0.25) is 5.02 Å². The fourth-order valence-electron chi connectivity index (χ4n) is 5.67. The van der Waals surface area contributed by atoms with Gasteiger partial charge in [-0.15, -0.1) is 0 Å². The molecule has 2 aliphatic heterocycles. The molecular formula is C29H31ClF4N6O2S. The van der Waals surface area contributed by atoms with Crippen molar-refractivity contribution in [3.05, 3.63) is 34.9 Å².